The Morgan fingerprint density at radius 2 is 2.00 bits per heavy atom. The van der Waals surface area contributed by atoms with Gasteiger partial charge in [-0.05, 0) is 24.8 Å². The van der Waals surface area contributed by atoms with E-state index in [1.807, 2.05) is 6.07 Å². The molecule has 3 aliphatic rings. The van der Waals surface area contributed by atoms with Crippen molar-refractivity contribution in [1.82, 2.24) is 15.1 Å². The van der Waals surface area contributed by atoms with Gasteiger partial charge >= 0.3 is 0 Å². The highest BCUT2D eigenvalue weighted by Gasteiger charge is 2.39. The number of carbonyl (C=O) groups excluding carboxylic acids is 2. The monoisotopic (exact) mass is 520 g/mol. The molecule has 1 saturated carbocycles. The minimum absolute atomic E-state index is 0.0225. The van der Waals surface area contributed by atoms with Crippen molar-refractivity contribution >= 4 is 35.1 Å². The molecule has 0 bridgehead atoms. The summed E-state index contributed by atoms with van der Waals surface area (Å²) in [5.41, 5.74) is 1.40. The van der Waals surface area contributed by atoms with Crippen LogP contribution in [0.4, 0.5) is 5.69 Å². The zero-order valence-corrected chi connectivity index (χ0v) is 21.5. The molecule has 2 fully saturated rings. The summed E-state index contributed by atoms with van der Waals surface area (Å²) in [6.45, 7) is 1.40. The molecule has 1 aromatic rings. The van der Waals surface area contributed by atoms with E-state index in [2.05, 4.69) is 10.3 Å². The third-order valence-corrected chi connectivity index (χ3v) is 7.65. The lowest BCUT2D eigenvalue weighted by molar-refractivity contribution is -0.132. The number of nitrogens with one attached hydrogen (secondary N) is 1. The fraction of sp³-hybridized carbons (Fsp3) is 0.654. The SMILES string of the molecule is O=C1NC2=Nc3c(ccc(Cl)c3OCCCC(=O)N(CCO)CCCCC3CCCC3)CN2C1CO. The Kier molecular flexibility index (Phi) is 9.45. The Hall–Kier alpha value is -2.36. The van der Waals surface area contributed by atoms with Crippen LogP contribution in [-0.2, 0) is 16.1 Å². The van der Waals surface area contributed by atoms with Crippen LogP contribution in [0.3, 0.4) is 0 Å². The number of guanidine groups is 1. The molecule has 0 aromatic heterocycles. The topological polar surface area (TPSA) is 115 Å². The number of unbranched alkanes of at least 4 members (excludes halogenated alkanes) is 1. The van der Waals surface area contributed by atoms with Crippen LogP contribution in [0.2, 0.25) is 5.02 Å². The van der Waals surface area contributed by atoms with Crippen molar-refractivity contribution in [3.05, 3.63) is 22.7 Å². The van der Waals surface area contributed by atoms with Crippen LogP contribution < -0.4 is 10.1 Å². The van der Waals surface area contributed by atoms with E-state index in [1.165, 1.54) is 32.1 Å². The molecule has 3 N–H and O–H groups in total. The van der Waals surface area contributed by atoms with E-state index in [0.717, 1.165) is 24.3 Å². The number of hydrogen-bond acceptors (Lipinski definition) is 7. The molecule has 1 aliphatic carbocycles. The van der Waals surface area contributed by atoms with Crippen LogP contribution in [0.1, 0.15) is 63.4 Å². The summed E-state index contributed by atoms with van der Waals surface area (Å²) in [4.78, 5) is 32.9. The number of amides is 2. The Labute approximate surface area is 217 Å². The number of rotatable bonds is 13. The molecule has 10 heteroatoms. The number of carbonyl (C=O) groups is 2. The lowest BCUT2D eigenvalue weighted by Crippen LogP contribution is -2.39. The maximum Gasteiger partial charge on any atom is 0.251 e. The maximum absolute atomic E-state index is 12.8. The standard InChI is InChI=1S/C26H37ClN4O5/c27-20-11-10-19-16-31-21(17-33)25(35)29-26(31)28-23(19)24(20)36-15-5-9-22(34)30(13-14-32)12-4-3-8-18-6-1-2-7-18/h10-11,18,21,32-33H,1-9,12-17H2,(H,28,29,35). The fourth-order valence-electron chi connectivity index (χ4n) is 5.35. The number of nitrogens with zero attached hydrogens (tertiary/aromatic N) is 3. The van der Waals surface area contributed by atoms with Crippen molar-refractivity contribution in [2.24, 2.45) is 10.9 Å². The minimum atomic E-state index is -0.660. The van der Waals surface area contributed by atoms with Crippen molar-refractivity contribution in [1.29, 1.82) is 0 Å². The van der Waals surface area contributed by atoms with Gasteiger partial charge in [-0.25, -0.2) is 4.99 Å². The zero-order valence-electron chi connectivity index (χ0n) is 20.8. The Morgan fingerprint density at radius 3 is 2.75 bits per heavy atom. The van der Waals surface area contributed by atoms with Crippen LogP contribution >= 0.6 is 11.6 Å². The first-order valence-electron chi connectivity index (χ1n) is 13.1. The lowest BCUT2D eigenvalue weighted by Gasteiger charge is -2.28. The van der Waals surface area contributed by atoms with Gasteiger partial charge in [-0.2, -0.15) is 0 Å². The van der Waals surface area contributed by atoms with Crippen molar-refractivity contribution in [3.63, 3.8) is 0 Å². The average Bonchev–Trinajstić information content (AvgIpc) is 3.49. The molecule has 4 rings (SSSR count). The molecule has 1 saturated heterocycles. The molecule has 2 heterocycles. The van der Waals surface area contributed by atoms with Crippen LogP contribution in [0, 0.1) is 5.92 Å². The molecule has 0 spiro atoms. The Bertz CT molecular complexity index is 966. The van der Waals surface area contributed by atoms with Crippen LogP contribution in [0.25, 0.3) is 0 Å². The number of benzene rings is 1. The number of halogens is 1. The van der Waals surface area contributed by atoms with E-state index in [1.54, 1.807) is 15.9 Å². The molecule has 1 atom stereocenters. The highest BCUT2D eigenvalue weighted by Crippen LogP contribution is 2.42. The number of fused-ring (bicyclic) bond motifs is 2. The largest absolute Gasteiger partial charge is 0.490 e. The van der Waals surface area contributed by atoms with Gasteiger partial charge in [0.2, 0.25) is 11.9 Å². The van der Waals surface area contributed by atoms with Gasteiger partial charge < -0.3 is 24.7 Å². The van der Waals surface area contributed by atoms with Crippen molar-refractivity contribution in [2.75, 3.05) is 32.9 Å². The summed E-state index contributed by atoms with van der Waals surface area (Å²) < 4.78 is 5.97. The third-order valence-electron chi connectivity index (χ3n) is 7.35. The van der Waals surface area contributed by atoms with Gasteiger partial charge in [-0.3, -0.25) is 14.9 Å². The smallest absolute Gasteiger partial charge is 0.251 e. The van der Waals surface area contributed by atoms with E-state index in [0.29, 0.717) is 54.9 Å². The highest BCUT2D eigenvalue weighted by molar-refractivity contribution is 6.32. The van der Waals surface area contributed by atoms with Gasteiger partial charge in [0, 0.05) is 31.6 Å². The van der Waals surface area contributed by atoms with Crippen molar-refractivity contribution in [2.45, 2.75) is 70.4 Å². The molecule has 2 amide bonds. The van der Waals surface area contributed by atoms with Crippen molar-refractivity contribution < 1.29 is 24.5 Å². The first kappa shape index (κ1) is 26.7. The predicted octanol–water partition coefficient (Wildman–Crippen LogP) is 2.97. The molecule has 2 aliphatic heterocycles. The molecule has 9 nitrogen and oxygen atoms in total. The van der Waals surface area contributed by atoms with Gasteiger partial charge in [0.05, 0.1) is 24.8 Å². The second-order valence-electron chi connectivity index (χ2n) is 9.84. The summed E-state index contributed by atoms with van der Waals surface area (Å²) in [6, 6.07) is 2.91. The molecule has 198 valence electrons. The van der Waals surface area contributed by atoms with E-state index < -0.39 is 6.04 Å². The average molecular weight is 521 g/mol. The minimum Gasteiger partial charge on any atom is -0.490 e. The van der Waals surface area contributed by atoms with E-state index >= 15 is 0 Å². The van der Waals surface area contributed by atoms with Crippen LogP contribution in [0.15, 0.2) is 17.1 Å². The first-order chi connectivity index (χ1) is 17.5. The van der Waals surface area contributed by atoms with E-state index in [4.69, 9.17) is 16.3 Å². The summed E-state index contributed by atoms with van der Waals surface area (Å²) in [5, 5.41) is 22.0. The van der Waals surface area contributed by atoms with Crippen LogP contribution in [-0.4, -0.2) is 76.7 Å². The third kappa shape index (κ3) is 6.30. The normalized spacial score (nSPS) is 19.1. The number of ether oxygens (including phenoxy) is 1. The van der Waals surface area contributed by atoms with Gasteiger partial charge in [0.15, 0.2) is 5.75 Å². The summed E-state index contributed by atoms with van der Waals surface area (Å²) in [5.74, 6) is 1.39. The van der Waals surface area contributed by atoms with Gasteiger partial charge in [0.25, 0.3) is 5.91 Å². The summed E-state index contributed by atoms with van der Waals surface area (Å²) in [7, 11) is 0. The molecular formula is C26H37ClN4O5. The summed E-state index contributed by atoms with van der Waals surface area (Å²) in [6.07, 6.45) is 9.56. The molecule has 0 radical (unpaired) electrons. The number of aliphatic hydroxyl groups is 2. The predicted molar refractivity (Wildman–Crippen MR) is 137 cm³/mol. The van der Waals surface area contributed by atoms with Gasteiger partial charge in [-0.15, -0.1) is 0 Å². The Morgan fingerprint density at radius 1 is 1.19 bits per heavy atom. The zero-order chi connectivity index (χ0) is 25.5. The van der Waals surface area contributed by atoms with Gasteiger partial charge in [0.1, 0.15) is 11.7 Å². The molecule has 36 heavy (non-hydrogen) atoms. The van der Waals surface area contributed by atoms with E-state index in [9.17, 15) is 19.8 Å². The number of hydrogen-bond donors (Lipinski definition) is 3. The number of aliphatic imine (C=N–C) groups is 1. The molecular weight excluding hydrogens is 484 g/mol. The lowest BCUT2D eigenvalue weighted by atomic mass is 10.0. The van der Waals surface area contributed by atoms with Crippen molar-refractivity contribution in [3.8, 4) is 5.75 Å². The first-order valence-corrected chi connectivity index (χ1v) is 13.5. The molecule has 1 aromatic carbocycles. The van der Waals surface area contributed by atoms with Crippen LogP contribution in [0.5, 0.6) is 5.75 Å². The Balaban J connectivity index is 1.27. The quantitative estimate of drug-likeness (QED) is 0.344. The number of aliphatic hydroxyl groups excluding tert-OH is 2. The van der Waals surface area contributed by atoms with E-state index in [-0.39, 0.29) is 31.6 Å². The highest BCUT2D eigenvalue weighted by atomic mass is 35.5. The second kappa shape index (κ2) is 12.7. The second-order valence-corrected chi connectivity index (χ2v) is 10.2. The summed E-state index contributed by atoms with van der Waals surface area (Å²) >= 11 is 6.40. The fourth-order valence-corrected chi connectivity index (χ4v) is 5.56. The maximum atomic E-state index is 12.8. The van der Waals surface area contributed by atoms with Gasteiger partial charge in [-0.1, -0.05) is 56.2 Å². The molecule has 1 unspecified atom stereocenters.